The van der Waals surface area contributed by atoms with E-state index in [1.54, 1.807) is 12.4 Å². The number of nitrogens with zero attached hydrogens (tertiary/aromatic N) is 2. The normalized spacial score (nSPS) is 19.1. The van der Waals surface area contributed by atoms with E-state index in [0.717, 1.165) is 4.68 Å². The summed E-state index contributed by atoms with van der Waals surface area (Å²) in [6.45, 7) is 17.3. The lowest BCUT2D eigenvalue weighted by Gasteiger charge is -2.32. The molecule has 1 aliphatic heterocycles. The van der Waals surface area contributed by atoms with Crippen LogP contribution in [0.2, 0.25) is 0 Å². The zero-order valence-corrected chi connectivity index (χ0v) is 15.8. The summed E-state index contributed by atoms with van der Waals surface area (Å²) in [5.41, 5.74) is -0.718. The van der Waals surface area contributed by atoms with E-state index in [4.69, 9.17) is 14.0 Å². The second kappa shape index (κ2) is 6.65. The Balaban J connectivity index is 0.00000127. The Bertz CT molecular complexity index is 531. The fraction of sp³-hybridized carbons (Fsp3) is 0.750. The molecular weight excluding hydrogens is 295 g/mol. The van der Waals surface area contributed by atoms with Gasteiger partial charge in [-0.3, -0.25) is 0 Å². The van der Waals surface area contributed by atoms with Gasteiger partial charge in [0, 0.05) is 17.9 Å². The van der Waals surface area contributed by atoms with Gasteiger partial charge in [-0.1, -0.05) is 13.8 Å². The van der Waals surface area contributed by atoms with Gasteiger partial charge in [0.15, 0.2) is 0 Å². The third-order valence-electron chi connectivity index (χ3n) is 3.71. The smallest absolute Gasteiger partial charge is 0.442 e. The molecule has 1 aromatic heterocycles. The highest BCUT2D eigenvalue weighted by Crippen LogP contribution is 2.36. The summed E-state index contributed by atoms with van der Waals surface area (Å²) in [5.74, 6) is 0. The quantitative estimate of drug-likeness (QED) is 0.743. The molecule has 0 amide bonds. The largest absolute Gasteiger partial charge is 0.498 e. The zero-order chi connectivity index (χ0) is 18.1. The van der Waals surface area contributed by atoms with Gasteiger partial charge in [-0.05, 0) is 48.5 Å². The van der Waals surface area contributed by atoms with Gasteiger partial charge >= 0.3 is 13.2 Å². The molecule has 0 aliphatic carbocycles. The summed E-state index contributed by atoms with van der Waals surface area (Å²) in [4.78, 5) is 11.9. The molecule has 7 heteroatoms. The van der Waals surface area contributed by atoms with Crippen molar-refractivity contribution in [2.24, 2.45) is 0 Å². The first-order chi connectivity index (χ1) is 10.4. The highest BCUT2D eigenvalue weighted by atomic mass is 16.7. The summed E-state index contributed by atoms with van der Waals surface area (Å²) in [6, 6.07) is 0. The van der Waals surface area contributed by atoms with Crippen molar-refractivity contribution in [2.45, 2.75) is 79.1 Å². The molecule has 6 nitrogen and oxygen atoms in total. The zero-order valence-electron chi connectivity index (χ0n) is 15.8. The molecule has 1 saturated heterocycles. The van der Waals surface area contributed by atoms with Crippen molar-refractivity contribution in [1.29, 1.82) is 0 Å². The molecule has 0 atom stereocenters. The Hall–Kier alpha value is -1.34. The average Bonchev–Trinajstić information content (AvgIpc) is 2.94. The van der Waals surface area contributed by atoms with Crippen LogP contribution < -0.4 is 5.46 Å². The summed E-state index contributed by atoms with van der Waals surface area (Å²) >= 11 is 0. The minimum atomic E-state index is -0.562. The number of hydrogen-bond donors (Lipinski definition) is 0. The Morgan fingerprint density at radius 3 is 2.09 bits per heavy atom. The predicted octanol–water partition coefficient (Wildman–Crippen LogP) is 2.99. The number of rotatable bonds is 1. The molecule has 0 bridgehead atoms. The molecule has 0 aromatic carbocycles. The van der Waals surface area contributed by atoms with E-state index in [1.165, 1.54) is 0 Å². The van der Waals surface area contributed by atoms with E-state index < -0.39 is 30.0 Å². The summed E-state index contributed by atoms with van der Waals surface area (Å²) in [7, 11) is -0.536. The molecule has 0 N–H and O–H groups in total. The van der Waals surface area contributed by atoms with Crippen molar-refractivity contribution in [3.63, 3.8) is 0 Å². The first kappa shape index (κ1) is 19.7. The molecule has 2 rings (SSSR count). The number of ether oxygens (including phenoxy) is 1. The monoisotopic (exact) mass is 324 g/mol. The van der Waals surface area contributed by atoms with Crippen LogP contribution in [0.1, 0.15) is 62.3 Å². The fourth-order valence-electron chi connectivity index (χ4n) is 1.85. The number of carbonyl (C=O) groups excluding carboxylic acids is 1. The van der Waals surface area contributed by atoms with E-state index in [9.17, 15) is 4.79 Å². The van der Waals surface area contributed by atoms with Gasteiger partial charge in [-0.2, -0.15) is 9.78 Å². The molecule has 2 heterocycles. The highest BCUT2D eigenvalue weighted by Gasteiger charge is 2.52. The van der Waals surface area contributed by atoms with Gasteiger partial charge in [0.25, 0.3) is 0 Å². The molecule has 0 radical (unpaired) electrons. The van der Waals surface area contributed by atoms with Gasteiger partial charge in [-0.25, -0.2) is 4.79 Å². The maximum Gasteiger partial charge on any atom is 0.498 e. The minimum Gasteiger partial charge on any atom is -0.442 e. The number of aromatic nitrogens is 2. The molecule has 1 aliphatic rings. The SMILES string of the molecule is CC.CC(C)(C)OC(=O)n1cc(B2OC(C)(C)C(C)(C)O2)cn1. The van der Waals surface area contributed by atoms with Crippen molar-refractivity contribution in [2.75, 3.05) is 0 Å². The first-order valence-corrected chi connectivity index (χ1v) is 8.05. The average molecular weight is 324 g/mol. The Labute approximate surface area is 139 Å². The van der Waals surface area contributed by atoms with Crippen molar-refractivity contribution in [3.05, 3.63) is 12.4 Å². The van der Waals surface area contributed by atoms with Crippen molar-refractivity contribution in [1.82, 2.24) is 9.78 Å². The van der Waals surface area contributed by atoms with E-state index in [1.807, 2.05) is 62.3 Å². The first-order valence-electron chi connectivity index (χ1n) is 8.05. The summed E-state index contributed by atoms with van der Waals surface area (Å²) in [5, 5.41) is 4.02. The summed E-state index contributed by atoms with van der Waals surface area (Å²) in [6.07, 6.45) is 2.62. The third kappa shape index (κ3) is 4.58. The van der Waals surface area contributed by atoms with E-state index in [0.29, 0.717) is 5.46 Å². The van der Waals surface area contributed by atoms with Crippen molar-refractivity contribution >= 4 is 18.7 Å². The third-order valence-corrected chi connectivity index (χ3v) is 3.71. The minimum absolute atomic E-state index is 0.425. The van der Waals surface area contributed by atoms with Gasteiger partial charge in [0.05, 0.1) is 11.2 Å². The number of carbonyl (C=O) groups is 1. The molecule has 1 fully saturated rings. The van der Waals surface area contributed by atoms with Gasteiger partial charge in [0.2, 0.25) is 0 Å². The van der Waals surface area contributed by atoms with Crippen LogP contribution in [0.5, 0.6) is 0 Å². The van der Waals surface area contributed by atoms with Gasteiger partial charge in [-0.15, -0.1) is 0 Å². The van der Waals surface area contributed by atoms with Crippen LogP contribution in [-0.4, -0.2) is 39.8 Å². The maximum absolute atomic E-state index is 11.9. The van der Waals surface area contributed by atoms with Crippen LogP contribution in [0, 0.1) is 0 Å². The van der Waals surface area contributed by atoms with E-state index >= 15 is 0 Å². The van der Waals surface area contributed by atoms with Gasteiger partial charge < -0.3 is 14.0 Å². The molecular formula is C16H29BN2O4. The molecule has 23 heavy (non-hydrogen) atoms. The van der Waals surface area contributed by atoms with E-state index in [2.05, 4.69) is 5.10 Å². The summed E-state index contributed by atoms with van der Waals surface area (Å²) < 4.78 is 18.3. The maximum atomic E-state index is 11.9. The second-order valence-electron chi connectivity index (χ2n) is 7.29. The predicted molar refractivity (Wildman–Crippen MR) is 90.9 cm³/mol. The topological polar surface area (TPSA) is 62.6 Å². The van der Waals surface area contributed by atoms with Crippen LogP contribution in [0.4, 0.5) is 4.79 Å². The van der Waals surface area contributed by atoms with Crippen molar-refractivity contribution in [3.8, 4) is 0 Å². The van der Waals surface area contributed by atoms with Crippen LogP contribution in [0.25, 0.3) is 0 Å². The lowest BCUT2D eigenvalue weighted by atomic mass is 9.82. The molecule has 130 valence electrons. The highest BCUT2D eigenvalue weighted by molar-refractivity contribution is 6.62. The molecule has 1 aromatic rings. The Morgan fingerprint density at radius 2 is 1.65 bits per heavy atom. The molecule has 0 spiro atoms. The second-order valence-corrected chi connectivity index (χ2v) is 7.29. The fourth-order valence-corrected chi connectivity index (χ4v) is 1.85. The lowest BCUT2D eigenvalue weighted by molar-refractivity contribution is 0.00578. The Morgan fingerprint density at radius 1 is 1.17 bits per heavy atom. The Kier molecular flexibility index (Phi) is 5.70. The van der Waals surface area contributed by atoms with E-state index in [-0.39, 0.29) is 0 Å². The molecule has 0 unspecified atom stereocenters. The lowest BCUT2D eigenvalue weighted by Crippen LogP contribution is -2.41. The van der Waals surface area contributed by atoms with Crippen molar-refractivity contribution < 1.29 is 18.8 Å². The van der Waals surface area contributed by atoms with Crippen LogP contribution in [0.15, 0.2) is 12.4 Å². The molecule has 0 saturated carbocycles. The van der Waals surface area contributed by atoms with Crippen LogP contribution in [-0.2, 0) is 14.0 Å². The standard InChI is InChI=1S/C14H23BN2O4.C2H6/c1-12(2,3)19-11(18)17-9-10(8-16-17)15-20-13(4,5)14(6,7)21-15;1-2/h8-9H,1-7H3;1-2H3. The van der Waals surface area contributed by atoms with Gasteiger partial charge in [0.1, 0.15) is 5.60 Å². The van der Waals surface area contributed by atoms with Crippen LogP contribution in [0.3, 0.4) is 0 Å². The number of hydrogen-bond acceptors (Lipinski definition) is 5. The van der Waals surface area contributed by atoms with Crippen LogP contribution >= 0.6 is 0 Å².